The summed E-state index contributed by atoms with van der Waals surface area (Å²) >= 11 is 4.75. The number of thioether (sulfide) groups is 2. The van der Waals surface area contributed by atoms with Gasteiger partial charge in [-0.15, -0.1) is 11.3 Å². The molecular formula is C21H24N6O4S3. The van der Waals surface area contributed by atoms with Gasteiger partial charge in [0, 0.05) is 11.8 Å². The molecule has 4 heterocycles. The first-order chi connectivity index (χ1) is 16.5. The van der Waals surface area contributed by atoms with Gasteiger partial charge in [0.15, 0.2) is 32.7 Å². The van der Waals surface area contributed by atoms with E-state index in [2.05, 4.69) is 38.2 Å². The Labute approximate surface area is 207 Å². The lowest BCUT2D eigenvalue weighted by Crippen LogP contribution is -2.33. The largest absolute Gasteiger partial charge is 0.394 e. The molecule has 180 valence electrons. The number of aliphatic hydroxyl groups excluding tert-OH is 3. The molecule has 4 N–H and O–H groups in total. The van der Waals surface area contributed by atoms with Crippen LogP contribution in [0.25, 0.3) is 21.4 Å². The number of aliphatic hydroxyl groups is 3. The molecule has 3 aromatic heterocycles. The van der Waals surface area contributed by atoms with E-state index in [1.165, 1.54) is 22.8 Å². The fourth-order valence-electron chi connectivity index (χ4n) is 3.77. The number of rotatable bonds is 8. The van der Waals surface area contributed by atoms with Crippen molar-refractivity contribution in [3.05, 3.63) is 30.6 Å². The van der Waals surface area contributed by atoms with E-state index >= 15 is 0 Å². The molecule has 1 aliphatic heterocycles. The second kappa shape index (κ2) is 9.93. The van der Waals surface area contributed by atoms with Crippen LogP contribution in [0.1, 0.15) is 13.2 Å². The molecule has 0 amide bonds. The Balaban J connectivity index is 1.36. The van der Waals surface area contributed by atoms with Crippen LogP contribution in [0.4, 0.5) is 5.82 Å². The predicted molar refractivity (Wildman–Crippen MR) is 134 cm³/mol. The van der Waals surface area contributed by atoms with Crippen molar-refractivity contribution < 1.29 is 20.1 Å². The fraction of sp³-hybridized carbons (Fsp3) is 0.429. The van der Waals surface area contributed by atoms with Crippen LogP contribution in [0.3, 0.4) is 0 Å². The number of hydrogen-bond acceptors (Lipinski definition) is 12. The maximum absolute atomic E-state index is 10.5. The molecule has 1 aromatic carbocycles. The topological polar surface area (TPSA) is 138 Å². The molecule has 1 aliphatic rings. The third kappa shape index (κ3) is 4.49. The zero-order valence-corrected chi connectivity index (χ0v) is 20.8. The van der Waals surface area contributed by atoms with E-state index in [4.69, 9.17) is 4.74 Å². The van der Waals surface area contributed by atoms with Crippen molar-refractivity contribution in [1.82, 2.24) is 24.5 Å². The van der Waals surface area contributed by atoms with Gasteiger partial charge < -0.3 is 25.4 Å². The van der Waals surface area contributed by atoms with Gasteiger partial charge in [-0.25, -0.2) is 19.9 Å². The van der Waals surface area contributed by atoms with Crippen molar-refractivity contribution in [3.8, 4) is 0 Å². The van der Waals surface area contributed by atoms with Crippen LogP contribution < -0.4 is 5.32 Å². The Hall–Kier alpha value is -2.00. The van der Waals surface area contributed by atoms with Crippen LogP contribution in [0, 0.1) is 0 Å². The molecule has 13 heteroatoms. The van der Waals surface area contributed by atoms with Crippen molar-refractivity contribution in [3.63, 3.8) is 0 Å². The van der Waals surface area contributed by atoms with Gasteiger partial charge in [0.05, 0.1) is 23.2 Å². The Kier molecular flexibility index (Phi) is 6.93. The third-order valence-electron chi connectivity index (χ3n) is 5.49. The van der Waals surface area contributed by atoms with Crippen molar-refractivity contribution >= 4 is 62.1 Å². The summed E-state index contributed by atoms with van der Waals surface area (Å²) in [5.41, 5.74) is 2.02. The number of fused-ring (bicyclic) bond motifs is 2. The summed E-state index contributed by atoms with van der Waals surface area (Å²) in [4.78, 5) is 18.3. The average Bonchev–Trinajstić information content (AvgIpc) is 3.53. The van der Waals surface area contributed by atoms with Crippen LogP contribution >= 0.6 is 34.9 Å². The number of thiazole rings is 1. The van der Waals surface area contributed by atoms with Gasteiger partial charge in [-0.05, 0) is 25.3 Å². The van der Waals surface area contributed by atoms with Crippen molar-refractivity contribution in [1.29, 1.82) is 0 Å². The summed E-state index contributed by atoms with van der Waals surface area (Å²) in [6, 6.07) is 8.15. The molecule has 4 aromatic rings. The van der Waals surface area contributed by atoms with Gasteiger partial charge in [0.1, 0.15) is 18.3 Å². The molecule has 3 unspecified atom stereocenters. The lowest BCUT2D eigenvalue weighted by Gasteiger charge is -2.17. The summed E-state index contributed by atoms with van der Waals surface area (Å²) in [6.07, 6.45) is -0.826. The Morgan fingerprint density at radius 1 is 1.21 bits per heavy atom. The number of nitrogens with zero attached hydrogens (tertiary/aromatic N) is 5. The number of nitrogens with one attached hydrogen (secondary N) is 1. The molecule has 10 nitrogen and oxygen atoms in total. The van der Waals surface area contributed by atoms with Crippen molar-refractivity contribution in [2.75, 3.05) is 23.9 Å². The van der Waals surface area contributed by atoms with E-state index in [0.29, 0.717) is 22.1 Å². The van der Waals surface area contributed by atoms with Crippen LogP contribution in [0.2, 0.25) is 0 Å². The summed E-state index contributed by atoms with van der Waals surface area (Å²) in [5, 5.41) is 34.0. The number of imidazole rings is 1. The number of hydrogen-bond donors (Lipinski definition) is 4. The number of aromatic nitrogens is 5. The van der Waals surface area contributed by atoms with E-state index < -0.39 is 31.1 Å². The van der Waals surface area contributed by atoms with Crippen LogP contribution in [0.15, 0.2) is 40.1 Å². The normalized spacial score (nSPS) is 23.7. The highest BCUT2D eigenvalue weighted by molar-refractivity contribution is 8.01. The minimum Gasteiger partial charge on any atom is -0.394 e. The first kappa shape index (κ1) is 23.7. The van der Waals surface area contributed by atoms with E-state index in [1.807, 2.05) is 24.5 Å². The predicted octanol–water partition coefficient (Wildman–Crippen LogP) is 2.36. The van der Waals surface area contributed by atoms with Gasteiger partial charge in [0.25, 0.3) is 0 Å². The molecule has 0 saturated carbocycles. The minimum absolute atomic E-state index is 0.0591. The zero-order chi connectivity index (χ0) is 23.8. The Bertz CT molecular complexity index is 1270. The number of para-hydroxylation sites is 1. The van der Waals surface area contributed by atoms with Gasteiger partial charge in [-0.3, -0.25) is 4.57 Å². The molecule has 0 aliphatic carbocycles. The lowest BCUT2D eigenvalue weighted by atomic mass is 10.1. The third-order valence-corrected chi connectivity index (χ3v) is 8.48. The second-order valence-electron chi connectivity index (χ2n) is 7.92. The average molecular weight is 521 g/mol. The smallest absolute Gasteiger partial charge is 0.191 e. The zero-order valence-electron chi connectivity index (χ0n) is 18.4. The highest BCUT2D eigenvalue weighted by Crippen LogP contribution is 2.34. The van der Waals surface area contributed by atoms with E-state index in [0.717, 1.165) is 15.6 Å². The van der Waals surface area contributed by atoms with E-state index in [-0.39, 0.29) is 6.04 Å². The second-order valence-corrected chi connectivity index (χ2v) is 11.0. The number of ether oxygens (including phenoxy) is 1. The fourth-order valence-corrected chi connectivity index (χ4v) is 6.17. The summed E-state index contributed by atoms with van der Waals surface area (Å²) in [6.45, 7) is 1.67. The monoisotopic (exact) mass is 520 g/mol. The van der Waals surface area contributed by atoms with E-state index in [9.17, 15) is 15.3 Å². The Morgan fingerprint density at radius 3 is 2.76 bits per heavy atom. The number of benzene rings is 1. The molecule has 0 spiro atoms. The van der Waals surface area contributed by atoms with Crippen molar-refractivity contribution in [2.45, 2.75) is 47.0 Å². The highest BCUT2D eigenvalue weighted by Gasteiger charge is 2.44. The van der Waals surface area contributed by atoms with Gasteiger partial charge in [-0.2, -0.15) is 0 Å². The first-order valence-corrected chi connectivity index (χ1v) is 13.7. The van der Waals surface area contributed by atoms with Crippen LogP contribution in [-0.4, -0.2) is 82.8 Å². The standard InChI is InChI=1S/C21H24N6O4S3/c1-10(8-33-21-24-11-5-3-4-6-13(11)34-21)23-17-14-18(26-20(25-17)32-2)27(9-22-14)19-16(30)15(29)12(7-28)31-19/h3-6,9-10,12,15-16,19,28-30H,7-8H2,1-2H3,(H,23,25,26)/t10?,12-,15?,16?,19-/m1/s1. The van der Waals surface area contributed by atoms with Gasteiger partial charge >= 0.3 is 0 Å². The molecule has 0 radical (unpaired) electrons. The first-order valence-electron chi connectivity index (χ1n) is 10.6. The van der Waals surface area contributed by atoms with Crippen LogP contribution in [0.5, 0.6) is 0 Å². The maximum Gasteiger partial charge on any atom is 0.191 e. The number of anilines is 1. The summed E-state index contributed by atoms with van der Waals surface area (Å²) in [5.74, 6) is 1.35. The molecule has 0 bridgehead atoms. The quantitative estimate of drug-likeness (QED) is 0.201. The molecule has 34 heavy (non-hydrogen) atoms. The molecule has 1 saturated heterocycles. The molecule has 1 fully saturated rings. The van der Waals surface area contributed by atoms with Gasteiger partial charge in [-0.1, -0.05) is 35.7 Å². The lowest BCUT2D eigenvalue weighted by molar-refractivity contribution is -0.0511. The van der Waals surface area contributed by atoms with E-state index in [1.54, 1.807) is 27.7 Å². The summed E-state index contributed by atoms with van der Waals surface area (Å²) < 4.78 is 9.43. The SMILES string of the molecule is CSc1nc(NC(C)CSc2nc3ccccc3s2)c2ncn([C@@H]3O[C@H](CO)C(O)C3O)c2n1. The Morgan fingerprint density at radius 2 is 2.03 bits per heavy atom. The molecular weight excluding hydrogens is 496 g/mol. The molecule has 5 rings (SSSR count). The minimum atomic E-state index is -1.22. The van der Waals surface area contributed by atoms with Gasteiger partial charge in [0.2, 0.25) is 0 Å². The highest BCUT2D eigenvalue weighted by atomic mass is 32.2. The summed E-state index contributed by atoms with van der Waals surface area (Å²) in [7, 11) is 0. The maximum atomic E-state index is 10.5. The molecule has 5 atom stereocenters. The van der Waals surface area contributed by atoms with Crippen LogP contribution in [-0.2, 0) is 4.74 Å². The van der Waals surface area contributed by atoms with Crippen molar-refractivity contribution in [2.24, 2.45) is 0 Å².